The number of benzene rings is 1. The lowest BCUT2D eigenvalue weighted by Gasteiger charge is -2.31. The number of hydrogen-bond acceptors (Lipinski definition) is 5. The number of aromatic nitrogens is 1. The number of likely N-dealkylation sites (tertiary alicyclic amines) is 1. The van der Waals surface area contributed by atoms with Crippen LogP contribution in [-0.4, -0.2) is 29.0 Å². The number of aryl methyl sites for hydroxylation is 2. The molecular weight excluding hydrogens is 372 g/mol. The number of piperidine rings is 1. The van der Waals surface area contributed by atoms with Gasteiger partial charge in [0.1, 0.15) is 0 Å². The zero-order valence-corrected chi connectivity index (χ0v) is 16.3. The number of rotatable bonds is 4. The summed E-state index contributed by atoms with van der Waals surface area (Å²) in [5.74, 6) is 0.286. The van der Waals surface area contributed by atoms with Gasteiger partial charge < -0.3 is 10.2 Å². The first kappa shape index (κ1) is 18.8. The Hall–Kier alpha value is -1.99. The Balaban J connectivity index is 1.58. The quantitative estimate of drug-likeness (QED) is 0.442. The lowest BCUT2D eigenvalue weighted by Crippen LogP contribution is -2.40. The molecule has 8 heteroatoms. The molecule has 2 amide bonds. The number of nitrogens with one attached hydrogen (secondary N) is 1. The Morgan fingerprint density at radius 3 is 2.81 bits per heavy atom. The van der Waals surface area contributed by atoms with Gasteiger partial charge in [0.2, 0.25) is 5.50 Å². The SMILES string of the molecule is Cc1ccc(C)c(NC(=O)N2CCC(c3nc(C(Cl)N=O)cs3)CC2)c1. The Labute approximate surface area is 161 Å². The molecule has 1 aromatic heterocycles. The van der Waals surface area contributed by atoms with E-state index in [1.165, 1.54) is 11.3 Å². The first-order chi connectivity index (χ1) is 12.5. The predicted octanol–water partition coefficient (Wildman–Crippen LogP) is 5.18. The van der Waals surface area contributed by atoms with Gasteiger partial charge in [0.05, 0.1) is 10.7 Å². The number of alkyl halides is 1. The highest BCUT2D eigenvalue weighted by molar-refractivity contribution is 7.09. The lowest BCUT2D eigenvalue weighted by atomic mass is 9.98. The van der Waals surface area contributed by atoms with Crippen LogP contribution in [0.1, 0.15) is 46.1 Å². The highest BCUT2D eigenvalue weighted by Crippen LogP contribution is 2.33. The maximum absolute atomic E-state index is 12.5. The predicted molar refractivity (Wildman–Crippen MR) is 105 cm³/mol. The molecule has 0 aliphatic carbocycles. The maximum Gasteiger partial charge on any atom is 0.321 e. The van der Waals surface area contributed by atoms with Crippen molar-refractivity contribution in [2.75, 3.05) is 18.4 Å². The second-order valence-electron chi connectivity index (χ2n) is 6.56. The zero-order valence-electron chi connectivity index (χ0n) is 14.7. The molecule has 1 saturated heterocycles. The topological polar surface area (TPSA) is 74.7 Å². The third-order valence-electron chi connectivity index (χ3n) is 4.64. The van der Waals surface area contributed by atoms with Crippen molar-refractivity contribution >= 4 is 34.7 Å². The van der Waals surface area contributed by atoms with Crippen LogP contribution in [0.4, 0.5) is 10.5 Å². The van der Waals surface area contributed by atoms with E-state index in [2.05, 4.69) is 15.5 Å². The van der Waals surface area contributed by atoms with Crippen LogP contribution in [0.3, 0.4) is 0 Å². The van der Waals surface area contributed by atoms with Crippen LogP contribution in [0.15, 0.2) is 28.8 Å². The second-order valence-corrected chi connectivity index (χ2v) is 7.86. The molecule has 0 spiro atoms. The molecule has 26 heavy (non-hydrogen) atoms. The number of amides is 2. The molecule has 1 aromatic carbocycles. The highest BCUT2D eigenvalue weighted by Gasteiger charge is 2.26. The molecule has 1 fully saturated rings. The Morgan fingerprint density at radius 2 is 2.12 bits per heavy atom. The van der Waals surface area contributed by atoms with Crippen LogP contribution in [0.25, 0.3) is 0 Å². The Kier molecular flexibility index (Phi) is 5.88. The maximum atomic E-state index is 12.5. The fourth-order valence-electron chi connectivity index (χ4n) is 3.05. The summed E-state index contributed by atoms with van der Waals surface area (Å²) in [6.07, 6.45) is 1.68. The van der Waals surface area contributed by atoms with E-state index in [9.17, 15) is 9.70 Å². The van der Waals surface area contributed by atoms with Gasteiger partial charge in [-0.25, -0.2) is 9.78 Å². The summed E-state index contributed by atoms with van der Waals surface area (Å²) in [5, 5.41) is 8.56. The molecule has 0 bridgehead atoms. The minimum Gasteiger partial charge on any atom is -0.324 e. The minimum absolute atomic E-state index is 0.0667. The Bertz CT molecular complexity index is 802. The number of hydrogen-bond donors (Lipinski definition) is 1. The number of anilines is 1. The molecule has 1 aliphatic heterocycles. The third-order valence-corrected chi connectivity index (χ3v) is 5.97. The molecular formula is C18H21ClN4O2S. The fourth-order valence-corrected chi connectivity index (χ4v) is 4.24. The Morgan fingerprint density at radius 1 is 1.38 bits per heavy atom. The van der Waals surface area contributed by atoms with E-state index in [0.717, 1.165) is 34.7 Å². The first-order valence-electron chi connectivity index (χ1n) is 8.53. The summed E-state index contributed by atoms with van der Waals surface area (Å²) < 4.78 is 0. The molecule has 0 radical (unpaired) electrons. The van der Waals surface area contributed by atoms with E-state index in [-0.39, 0.29) is 11.9 Å². The molecule has 1 atom stereocenters. The van der Waals surface area contributed by atoms with Gasteiger partial charge in [0, 0.05) is 30.1 Å². The van der Waals surface area contributed by atoms with Crippen LogP contribution in [0.2, 0.25) is 0 Å². The molecule has 6 nitrogen and oxygen atoms in total. The monoisotopic (exact) mass is 392 g/mol. The van der Waals surface area contributed by atoms with Gasteiger partial charge in [-0.15, -0.1) is 16.2 Å². The summed E-state index contributed by atoms with van der Waals surface area (Å²) in [7, 11) is 0. The van der Waals surface area contributed by atoms with Gasteiger partial charge in [-0.05, 0) is 49.1 Å². The van der Waals surface area contributed by atoms with Gasteiger partial charge in [0.15, 0.2) is 0 Å². The molecule has 3 rings (SSSR count). The second kappa shape index (κ2) is 8.14. The normalized spacial score (nSPS) is 16.3. The van der Waals surface area contributed by atoms with Crippen molar-refractivity contribution in [3.8, 4) is 0 Å². The van der Waals surface area contributed by atoms with E-state index < -0.39 is 5.50 Å². The standard InChI is InChI=1S/C18H21ClN4O2S/c1-11-3-4-12(2)14(9-11)21-18(24)23-7-5-13(6-8-23)17-20-15(10-26-17)16(19)22-25/h3-4,9-10,13,16H,5-8H2,1-2H3,(H,21,24). The number of nitroso groups, excluding NO2 is 1. The van der Waals surface area contributed by atoms with Crippen molar-refractivity contribution < 1.29 is 4.79 Å². The molecule has 2 aromatic rings. The zero-order chi connectivity index (χ0) is 18.7. The van der Waals surface area contributed by atoms with Crippen molar-refractivity contribution in [2.24, 2.45) is 5.18 Å². The molecule has 1 N–H and O–H groups in total. The van der Waals surface area contributed by atoms with Crippen LogP contribution >= 0.6 is 22.9 Å². The summed E-state index contributed by atoms with van der Waals surface area (Å²) in [5.41, 5.74) is 2.61. The van der Waals surface area contributed by atoms with E-state index in [4.69, 9.17) is 11.6 Å². The van der Waals surface area contributed by atoms with Crippen LogP contribution in [0.5, 0.6) is 0 Å². The first-order valence-corrected chi connectivity index (χ1v) is 9.84. The van der Waals surface area contributed by atoms with Crippen molar-refractivity contribution in [3.63, 3.8) is 0 Å². The van der Waals surface area contributed by atoms with Crippen molar-refractivity contribution in [3.05, 3.63) is 50.3 Å². The van der Waals surface area contributed by atoms with Crippen molar-refractivity contribution in [1.29, 1.82) is 0 Å². The number of thiazole rings is 1. The average molecular weight is 393 g/mol. The number of halogens is 1. The molecule has 0 saturated carbocycles. The average Bonchev–Trinajstić information content (AvgIpc) is 3.14. The molecule has 138 valence electrons. The van der Waals surface area contributed by atoms with Crippen LogP contribution in [0, 0.1) is 18.8 Å². The fraction of sp³-hybridized carbons (Fsp3) is 0.444. The van der Waals surface area contributed by atoms with Crippen molar-refractivity contribution in [2.45, 2.75) is 38.1 Å². The van der Waals surface area contributed by atoms with Gasteiger partial charge in [-0.1, -0.05) is 23.7 Å². The summed E-state index contributed by atoms with van der Waals surface area (Å²) >= 11 is 7.31. The number of carbonyl (C=O) groups excluding carboxylic acids is 1. The number of urea groups is 1. The van der Waals surface area contributed by atoms with Gasteiger partial charge in [-0.2, -0.15) is 0 Å². The van der Waals surface area contributed by atoms with Crippen LogP contribution < -0.4 is 5.32 Å². The largest absolute Gasteiger partial charge is 0.324 e. The van der Waals surface area contributed by atoms with Gasteiger partial charge in [0.25, 0.3) is 0 Å². The van der Waals surface area contributed by atoms with Gasteiger partial charge >= 0.3 is 6.03 Å². The third kappa shape index (κ3) is 4.22. The van der Waals surface area contributed by atoms with E-state index >= 15 is 0 Å². The lowest BCUT2D eigenvalue weighted by molar-refractivity contribution is 0.194. The number of nitrogens with zero attached hydrogens (tertiary/aromatic N) is 3. The highest BCUT2D eigenvalue weighted by atomic mass is 35.5. The van der Waals surface area contributed by atoms with Gasteiger partial charge in [-0.3, -0.25) is 0 Å². The molecule has 2 heterocycles. The van der Waals surface area contributed by atoms with E-state index in [0.29, 0.717) is 18.8 Å². The van der Waals surface area contributed by atoms with E-state index in [1.807, 2.05) is 36.9 Å². The van der Waals surface area contributed by atoms with Crippen LogP contribution in [-0.2, 0) is 0 Å². The molecule has 1 unspecified atom stereocenters. The smallest absolute Gasteiger partial charge is 0.321 e. The summed E-state index contributed by atoms with van der Waals surface area (Å²) in [6.45, 7) is 5.34. The van der Waals surface area contributed by atoms with E-state index in [1.54, 1.807) is 5.38 Å². The molecule has 1 aliphatic rings. The minimum atomic E-state index is -0.927. The summed E-state index contributed by atoms with van der Waals surface area (Å²) in [6, 6.07) is 5.96. The summed E-state index contributed by atoms with van der Waals surface area (Å²) in [4.78, 5) is 29.4. The van der Waals surface area contributed by atoms with Crippen molar-refractivity contribution in [1.82, 2.24) is 9.88 Å². The number of carbonyl (C=O) groups is 1.